The van der Waals surface area contributed by atoms with E-state index in [2.05, 4.69) is 25.5 Å². The summed E-state index contributed by atoms with van der Waals surface area (Å²) in [5.74, 6) is 0.553. The number of carbonyl (C=O) groups is 1. The molecule has 3 heterocycles. The molecule has 3 aromatic heterocycles. The summed E-state index contributed by atoms with van der Waals surface area (Å²) in [5, 5.41) is 10.8. The number of fused-ring (bicyclic) bond motifs is 1. The number of aryl methyl sites for hydroxylation is 1. The second-order valence-electron chi connectivity index (χ2n) is 5.58. The second kappa shape index (κ2) is 5.79. The largest absolute Gasteiger partial charge is 0.338 e. The lowest BCUT2D eigenvalue weighted by Gasteiger charge is -2.09. The Labute approximate surface area is 132 Å². The molecule has 120 valence electrons. The topological polar surface area (TPSA) is 98.2 Å². The highest BCUT2D eigenvalue weighted by atomic mass is 16.5. The molecule has 0 saturated carbocycles. The van der Waals surface area contributed by atoms with Gasteiger partial charge in [-0.3, -0.25) is 10.1 Å². The smallest absolute Gasteiger partial charge is 0.276 e. The predicted octanol–water partition coefficient (Wildman–Crippen LogP) is 2.36. The van der Waals surface area contributed by atoms with Crippen molar-refractivity contribution in [2.24, 2.45) is 0 Å². The normalized spacial score (nSPS) is 11.3. The summed E-state index contributed by atoms with van der Waals surface area (Å²) in [4.78, 5) is 20.8. The van der Waals surface area contributed by atoms with Crippen molar-refractivity contribution < 1.29 is 9.32 Å². The predicted molar refractivity (Wildman–Crippen MR) is 83.4 cm³/mol. The number of rotatable bonds is 4. The fraction of sp³-hybridized carbons (Fsp3) is 0.400. The van der Waals surface area contributed by atoms with Gasteiger partial charge >= 0.3 is 0 Å². The molecule has 8 heteroatoms. The SMILES string of the molecule is CCc1noc(NC(=O)c2cc(C(C)C)n3ncnc3n2)c1C. The van der Waals surface area contributed by atoms with Crippen LogP contribution in [0.15, 0.2) is 16.9 Å². The summed E-state index contributed by atoms with van der Waals surface area (Å²) in [6, 6.07) is 1.72. The van der Waals surface area contributed by atoms with Gasteiger partial charge in [-0.1, -0.05) is 25.9 Å². The molecule has 0 saturated heterocycles. The minimum atomic E-state index is -0.362. The fourth-order valence-corrected chi connectivity index (χ4v) is 2.34. The van der Waals surface area contributed by atoms with Crippen molar-refractivity contribution in [1.82, 2.24) is 24.7 Å². The molecule has 0 aliphatic carbocycles. The molecule has 0 spiro atoms. The molecule has 0 aliphatic heterocycles. The van der Waals surface area contributed by atoms with Gasteiger partial charge in [0, 0.05) is 5.56 Å². The first-order valence-corrected chi connectivity index (χ1v) is 7.48. The van der Waals surface area contributed by atoms with Crippen LogP contribution in [0.25, 0.3) is 5.78 Å². The number of nitrogens with zero attached hydrogens (tertiary/aromatic N) is 5. The summed E-state index contributed by atoms with van der Waals surface area (Å²) in [6.45, 7) is 7.88. The number of hydrogen-bond acceptors (Lipinski definition) is 6. The maximum Gasteiger partial charge on any atom is 0.276 e. The van der Waals surface area contributed by atoms with Crippen LogP contribution in [0, 0.1) is 6.92 Å². The van der Waals surface area contributed by atoms with Gasteiger partial charge in [0.1, 0.15) is 12.0 Å². The van der Waals surface area contributed by atoms with Crippen molar-refractivity contribution in [2.75, 3.05) is 5.32 Å². The summed E-state index contributed by atoms with van der Waals surface area (Å²) in [5.41, 5.74) is 2.78. The molecule has 0 atom stereocenters. The minimum Gasteiger partial charge on any atom is -0.338 e. The Morgan fingerprint density at radius 1 is 1.43 bits per heavy atom. The third-order valence-corrected chi connectivity index (χ3v) is 3.69. The molecule has 0 aliphatic rings. The third-order valence-electron chi connectivity index (χ3n) is 3.69. The Hall–Kier alpha value is -2.77. The maximum absolute atomic E-state index is 12.5. The zero-order chi connectivity index (χ0) is 16.6. The minimum absolute atomic E-state index is 0.174. The van der Waals surface area contributed by atoms with Gasteiger partial charge < -0.3 is 4.52 Å². The van der Waals surface area contributed by atoms with E-state index in [0.717, 1.165) is 23.4 Å². The van der Waals surface area contributed by atoms with Crippen LogP contribution in [-0.4, -0.2) is 30.6 Å². The van der Waals surface area contributed by atoms with Gasteiger partial charge in [-0.15, -0.1) is 0 Å². The van der Waals surface area contributed by atoms with Crippen LogP contribution >= 0.6 is 0 Å². The van der Waals surface area contributed by atoms with Gasteiger partial charge in [0.15, 0.2) is 0 Å². The molecular formula is C15H18N6O2. The van der Waals surface area contributed by atoms with E-state index in [9.17, 15) is 4.79 Å². The van der Waals surface area contributed by atoms with E-state index in [4.69, 9.17) is 4.52 Å². The molecule has 1 amide bonds. The molecule has 3 rings (SSSR count). The van der Waals surface area contributed by atoms with Gasteiger partial charge in [-0.2, -0.15) is 10.1 Å². The fourth-order valence-electron chi connectivity index (χ4n) is 2.34. The Morgan fingerprint density at radius 2 is 2.22 bits per heavy atom. The summed E-state index contributed by atoms with van der Waals surface area (Å²) in [6.07, 6.45) is 2.16. The Kier molecular flexibility index (Phi) is 3.81. The van der Waals surface area contributed by atoms with Crippen LogP contribution in [-0.2, 0) is 6.42 Å². The van der Waals surface area contributed by atoms with Gasteiger partial charge in [0.25, 0.3) is 11.7 Å². The van der Waals surface area contributed by atoms with E-state index in [-0.39, 0.29) is 17.5 Å². The van der Waals surface area contributed by atoms with Gasteiger partial charge in [0.05, 0.1) is 11.4 Å². The maximum atomic E-state index is 12.5. The number of hydrogen-bond donors (Lipinski definition) is 1. The Bertz CT molecular complexity index is 864. The Morgan fingerprint density at radius 3 is 2.87 bits per heavy atom. The van der Waals surface area contributed by atoms with Crippen LogP contribution < -0.4 is 5.32 Å². The second-order valence-corrected chi connectivity index (χ2v) is 5.58. The van der Waals surface area contributed by atoms with E-state index < -0.39 is 0 Å². The van der Waals surface area contributed by atoms with Crippen molar-refractivity contribution >= 4 is 17.6 Å². The zero-order valence-corrected chi connectivity index (χ0v) is 13.5. The highest BCUT2D eigenvalue weighted by Crippen LogP contribution is 2.20. The zero-order valence-electron chi connectivity index (χ0n) is 13.5. The Balaban J connectivity index is 1.95. The average molecular weight is 314 g/mol. The quantitative estimate of drug-likeness (QED) is 0.793. The van der Waals surface area contributed by atoms with Crippen LogP contribution in [0.5, 0.6) is 0 Å². The number of nitrogens with one attached hydrogen (secondary N) is 1. The first-order chi connectivity index (χ1) is 11.0. The van der Waals surface area contributed by atoms with Crippen molar-refractivity contribution in [2.45, 2.75) is 40.0 Å². The van der Waals surface area contributed by atoms with E-state index in [1.54, 1.807) is 10.6 Å². The lowest BCUT2D eigenvalue weighted by Crippen LogP contribution is -2.16. The molecule has 3 aromatic rings. The summed E-state index contributed by atoms with van der Waals surface area (Å²) >= 11 is 0. The van der Waals surface area contributed by atoms with Crippen molar-refractivity contribution in [3.63, 3.8) is 0 Å². The van der Waals surface area contributed by atoms with Crippen LogP contribution in [0.1, 0.15) is 54.1 Å². The molecule has 0 bridgehead atoms. The molecule has 0 fully saturated rings. The van der Waals surface area contributed by atoms with Gasteiger partial charge in [0.2, 0.25) is 5.88 Å². The lowest BCUT2D eigenvalue weighted by molar-refractivity contribution is 0.101. The van der Waals surface area contributed by atoms with Crippen LogP contribution in [0.2, 0.25) is 0 Å². The standard InChI is InChI=1S/C15H18N6O2/c1-5-10-9(4)14(23-20-10)19-13(22)11-6-12(8(2)3)21-15(18-11)16-7-17-21/h6-8H,5H2,1-4H3,(H,19,22). The molecule has 0 unspecified atom stereocenters. The molecule has 8 nitrogen and oxygen atoms in total. The monoisotopic (exact) mass is 314 g/mol. The lowest BCUT2D eigenvalue weighted by atomic mass is 10.1. The van der Waals surface area contributed by atoms with Gasteiger partial charge in [-0.05, 0) is 25.3 Å². The number of aromatic nitrogens is 5. The first-order valence-electron chi connectivity index (χ1n) is 7.48. The van der Waals surface area contributed by atoms with E-state index in [1.807, 2.05) is 27.7 Å². The molecule has 23 heavy (non-hydrogen) atoms. The highest BCUT2D eigenvalue weighted by molar-refractivity contribution is 6.02. The van der Waals surface area contributed by atoms with E-state index >= 15 is 0 Å². The molecule has 0 aromatic carbocycles. The summed E-state index contributed by atoms with van der Waals surface area (Å²) < 4.78 is 6.82. The number of amides is 1. The van der Waals surface area contributed by atoms with Crippen LogP contribution in [0.4, 0.5) is 5.88 Å². The van der Waals surface area contributed by atoms with Gasteiger partial charge in [-0.25, -0.2) is 9.50 Å². The summed E-state index contributed by atoms with van der Waals surface area (Å²) in [7, 11) is 0. The average Bonchev–Trinajstić information content (AvgIpc) is 3.13. The van der Waals surface area contributed by atoms with E-state index in [1.165, 1.54) is 6.33 Å². The molecule has 1 N–H and O–H groups in total. The van der Waals surface area contributed by atoms with Crippen molar-refractivity contribution in [3.8, 4) is 0 Å². The van der Waals surface area contributed by atoms with Crippen LogP contribution in [0.3, 0.4) is 0 Å². The highest BCUT2D eigenvalue weighted by Gasteiger charge is 2.18. The number of carbonyl (C=O) groups excluding carboxylic acids is 1. The number of anilines is 1. The van der Waals surface area contributed by atoms with E-state index in [0.29, 0.717) is 11.7 Å². The first kappa shape index (κ1) is 15.1. The molecular weight excluding hydrogens is 296 g/mol. The molecule has 0 radical (unpaired) electrons. The third kappa shape index (κ3) is 2.67. The van der Waals surface area contributed by atoms with Crippen molar-refractivity contribution in [3.05, 3.63) is 35.0 Å². The van der Waals surface area contributed by atoms with Crippen molar-refractivity contribution in [1.29, 1.82) is 0 Å².